The average Bonchev–Trinajstić information content (AvgIpc) is 3.36. The van der Waals surface area contributed by atoms with E-state index < -0.39 is 11.9 Å². The molecule has 3 heterocycles. The van der Waals surface area contributed by atoms with Gasteiger partial charge in [0.15, 0.2) is 5.78 Å². The molecule has 34 heavy (non-hydrogen) atoms. The number of Topliss-reactive ketones (excluding diaryl/α,β-unsaturated/α-hetero) is 1. The number of carboxylic acid groups (broad SMARTS) is 1. The molecule has 3 aromatic rings. The van der Waals surface area contributed by atoms with Gasteiger partial charge < -0.3 is 14.7 Å². The minimum absolute atomic E-state index is 0.0383. The molecule has 2 aromatic heterocycles. The van der Waals surface area contributed by atoms with Crippen LogP contribution in [0.4, 0.5) is 0 Å². The second-order valence-corrected chi connectivity index (χ2v) is 10.8. The van der Waals surface area contributed by atoms with Crippen molar-refractivity contribution >= 4 is 57.4 Å². The van der Waals surface area contributed by atoms with Crippen molar-refractivity contribution in [1.82, 2.24) is 9.88 Å². The molecule has 1 aliphatic heterocycles. The third-order valence-electron chi connectivity index (χ3n) is 6.38. The zero-order chi connectivity index (χ0) is 24.1. The predicted molar refractivity (Wildman–Crippen MR) is 138 cm³/mol. The van der Waals surface area contributed by atoms with E-state index in [0.29, 0.717) is 40.2 Å². The van der Waals surface area contributed by atoms with Crippen LogP contribution >= 0.6 is 34.7 Å². The lowest BCUT2D eigenvalue weighted by Gasteiger charge is -2.36. The first kappa shape index (κ1) is 25.0. The molecule has 0 amide bonds. The van der Waals surface area contributed by atoms with Gasteiger partial charge in [-0.2, -0.15) is 11.3 Å². The van der Waals surface area contributed by atoms with E-state index in [4.69, 9.17) is 16.3 Å². The second kappa shape index (κ2) is 11.5. The number of hydrogen-bond donors (Lipinski definition) is 1. The molecule has 1 saturated heterocycles. The first-order valence-corrected chi connectivity index (χ1v) is 13.5. The van der Waals surface area contributed by atoms with Gasteiger partial charge in [0.1, 0.15) is 5.75 Å². The Morgan fingerprint density at radius 3 is 2.94 bits per heavy atom. The number of aromatic nitrogens is 1. The van der Waals surface area contributed by atoms with Crippen LogP contribution < -0.4 is 4.74 Å². The van der Waals surface area contributed by atoms with Crippen molar-refractivity contribution in [3.63, 3.8) is 0 Å². The van der Waals surface area contributed by atoms with E-state index in [1.54, 1.807) is 48.4 Å². The van der Waals surface area contributed by atoms with Crippen molar-refractivity contribution in [1.29, 1.82) is 0 Å². The van der Waals surface area contributed by atoms with E-state index in [0.717, 1.165) is 25.3 Å². The summed E-state index contributed by atoms with van der Waals surface area (Å²) in [5.41, 5.74) is 1.10. The second-order valence-electron chi connectivity index (χ2n) is 8.43. The number of rotatable bonds is 10. The number of carboxylic acids is 1. The number of hydrogen-bond acceptors (Lipinski definition) is 7. The summed E-state index contributed by atoms with van der Waals surface area (Å²) in [6, 6.07) is 7.47. The molecular formula is C25H27ClN2O4S2. The number of piperidine rings is 1. The van der Waals surface area contributed by atoms with Gasteiger partial charge in [-0.1, -0.05) is 11.6 Å². The van der Waals surface area contributed by atoms with E-state index in [1.165, 1.54) is 11.1 Å². The number of carbonyl (C=O) groups excluding carboxylic acids is 1. The number of ether oxygens (including phenoxy) is 1. The lowest BCUT2D eigenvalue weighted by molar-refractivity contribution is -0.146. The Balaban J connectivity index is 1.38. The molecule has 0 aliphatic carbocycles. The minimum Gasteiger partial charge on any atom is -0.497 e. The zero-order valence-corrected chi connectivity index (χ0v) is 21.3. The van der Waals surface area contributed by atoms with Crippen LogP contribution in [0.1, 0.15) is 29.6 Å². The van der Waals surface area contributed by atoms with E-state index in [2.05, 4.69) is 26.7 Å². The van der Waals surface area contributed by atoms with E-state index in [-0.39, 0.29) is 18.1 Å². The van der Waals surface area contributed by atoms with E-state index in [1.807, 2.05) is 0 Å². The molecule has 0 spiro atoms. The van der Waals surface area contributed by atoms with Crippen molar-refractivity contribution in [2.75, 3.05) is 32.5 Å². The number of ketones is 1. The smallest absolute Gasteiger partial charge is 0.308 e. The summed E-state index contributed by atoms with van der Waals surface area (Å²) in [5, 5.41) is 15.0. The SMILES string of the molecule is COc1ccc2ncc(Cl)c(C(=O)CCC3CCN(CCSc4ccsc4)CC3C(=O)O)c2c1. The third-order valence-corrected chi connectivity index (χ3v) is 8.47. The van der Waals surface area contributed by atoms with Gasteiger partial charge in [0.25, 0.3) is 0 Å². The summed E-state index contributed by atoms with van der Waals surface area (Å²) in [5.74, 6) is 0.167. The lowest BCUT2D eigenvalue weighted by atomic mass is 9.81. The van der Waals surface area contributed by atoms with Crippen LogP contribution in [0, 0.1) is 11.8 Å². The Kier molecular flexibility index (Phi) is 8.47. The highest BCUT2D eigenvalue weighted by Crippen LogP contribution is 2.32. The fourth-order valence-corrected chi connectivity index (χ4v) is 6.57. The number of nitrogens with zero attached hydrogens (tertiary/aromatic N) is 2. The topological polar surface area (TPSA) is 79.7 Å². The van der Waals surface area contributed by atoms with Gasteiger partial charge in [-0.05, 0) is 54.9 Å². The van der Waals surface area contributed by atoms with Gasteiger partial charge in [0.2, 0.25) is 0 Å². The molecule has 1 aliphatic rings. The Morgan fingerprint density at radius 2 is 2.21 bits per heavy atom. The maximum absolute atomic E-state index is 13.2. The molecule has 1 fully saturated rings. The number of fused-ring (bicyclic) bond motifs is 1. The normalized spacial score (nSPS) is 18.8. The van der Waals surface area contributed by atoms with Crippen LogP contribution in [-0.2, 0) is 4.79 Å². The highest BCUT2D eigenvalue weighted by atomic mass is 35.5. The maximum Gasteiger partial charge on any atom is 0.308 e. The van der Waals surface area contributed by atoms with E-state index >= 15 is 0 Å². The molecule has 0 saturated carbocycles. The standard InChI is InChI=1S/C25H27ClN2O4S2/c1-32-17-3-4-22-19(12-17)24(21(26)13-27-22)23(29)5-2-16-6-8-28(14-20(16)25(30)31)9-11-34-18-7-10-33-15-18/h3-4,7,10,12-13,15-16,20H,2,5-6,8-9,11,14H2,1H3,(H,30,31). The van der Waals surface area contributed by atoms with Crippen LogP contribution in [0.2, 0.25) is 5.02 Å². The Hall–Kier alpha value is -2.13. The number of aliphatic carboxylic acids is 1. The number of thioether (sulfide) groups is 1. The van der Waals surface area contributed by atoms with Gasteiger partial charge in [-0.25, -0.2) is 0 Å². The number of pyridine rings is 1. The first-order chi connectivity index (χ1) is 16.5. The maximum atomic E-state index is 13.2. The van der Waals surface area contributed by atoms with Crippen molar-refractivity contribution in [2.45, 2.75) is 24.2 Å². The molecule has 1 aromatic carbocycles. The zero-order valence-electron chi connectivity index (χ0n) is 18.9. The quantitative estimate of drug-likeness (QED) is 0.271. The largest absolute Gasteiger partial charge is 0.497 e. The van der Waals surface area contributed by atoms with Gasteiger partial charge in [0.05, 0.1) is 23.6 Å². The summed E-state index contributed by atoms with van der Waals surface area (Å²) in [6.07, 6.45) is 3.04. The number of carbonyl (C=O) groups is 2. The van der Waals surface area contributed by atoms with Crippen molar-refractivity contribution < 1.29 is 19.4 Å². The summed E-state index contributed by atoms with van der Waals surface area (Å²) < 4.78 is 5.30. The number of methoxy groups -OCH3 is 1. The van der Waals surface area contributed by atoms with Crippen molar-refractivity contribution in [3.8, 4) is 5.75 Å². The summed E-state index contributed by atoms with van der Waals surface area (Å²) >= 11 is 9.85. The number of benzene rings is 1. The molecule has 0 bridgehead atoms. The van der Waals surface area contributed by atoms with Gasteiger partial charge in [-0.15, -0.1) is 11.8 Å². The Bertz CT molecular complexity index is 1160. The van der Waals surface area contributed by atoms with Crippen LogP contribution in [0.15, 0.2) is 46.1 Å². The molecular weight excluding hydrogens is 492 g/mol. The van der Waals surface area contributed by atoms with Crippen molar-refractivity contribution in [2.24, 2.45) is 11.8 Å². The molecule has 6 nitrogen and oxygen atoms in total. The summed E-state index contributed by atoms with van der Waals surface area (Å²) in [4.78, 5) is 33.0. The molecule has 180 valence electrons. The molecule has 4 rings (SSSR count). The molecule has 0 radical (unpaired) electrons. The van der Waals surface area contributed by atoms with Gasteiger partial charge in [-0.3, -0.25) is 14.6 Å². The fourth-order valence-electron chi connectivity index (χ4n) is 4.52. The molecule has 1 N–H and O–H groups in total. The van der Waals surface area contributed by atoms with Crippen LogP contribution in [0.5, 0.6) is 5.75 Å². The predicted octanol–water partition coefficient (Wildman–Crippen LogP) is 5.74. The van der Waals surface area contributed by atoms with E-state index in [9.17, 15) is 14.7 Å². The highest BCUT2D eigenvalue weighted by Gasteiger charge is 2.34. The minimum atomic E-state index is -0.787. The summed E-state index contributed by atoms with van der Waals surface area (Å²) in [7, 11) is 1.57. The number of halogens is 1. The fraction of sp³-hybridized carbons (Fsp3) is 0.400. The monoisotopic (exact) mass is 518 g/mol. The summed E-state index contributed by atoms with van der Waals surface area (Å²) in [6.45, 7) is 2.23. The lowest BCUT2D eigenvalue weighted by Crippen LogP contribution is -2.44. The molecule has 2 atom stereocenters. The number of likely N-dealkylation sites (tertiary alicyclic amines) is 1. The Labute approximate surface area is 212 Å². The highest BCUT2D eigenvalue weighted by molar-refractivity contribution is 7.99. The van der Waals surface area contributed by atoms with Crippen LogP contribution in [0.3, 0.4) is 0 Å². The van der Waals surface area contributed by atoms with Crippen molar-refractivity contribution in [3.05, 3.63) is 51.8 Å². The Morgan fingerprint density at radius 1 is 1.35 bits per heavy atom. The van der Waals surface area contributed by atoms with Crippen LogP contribution in [-0.4, -0.2) is 59.2 Å². The molecule has 9 heteroatoms. The van der Waals surface area contributed by atoms with Gasteiger partial charge in [0, 0.05) is 52.7 Å². The first-order valence-electron chi connectivity index (χ1n) is 11.2. The van der Waals surface area contributed by atoms with Crippen LogP contribution in [0.25, 0.3) is 10.9 Å². The third kappa shape index (κ3) is 5.92. The average molecular weight is 519 g/mol. The van der Waals surface area contributed by atoms with Gasteiger partial charge >= 0.3 is 5.97 Å². The number of thiophene rings is 1. The molecule has 2 unspecified atom stereocenters.